The van der Waals surface area contributed by atoms with Gasteiger partial charge in [0, 0.05) is 25.2 Å². The van der Waals surface area contributed by atoms with Gasteiger partial charge in [0.05, 0.1) is 18.2 Å². The highest BCUT2D eigenvalue weighted by Crippen LogP contribution is 2.22. The fraction of sp³-hybridized carbons (Fsp3) is 0.538. The van der Waals surface area contributed by atoms with Crippen molar-refractivity contribution < 1.29 is 4.74 Å². The number of hydrogen-bond acceptors (Lipinski definition) is 4. The van der Waals surface area contributed by atoms with E-state index in [9.17, 15) is 0 Å². The van der Waals surface area contributed by atoms with Crippen LogP contribution in [-0.2, 0) is 11.3 Å². The summed E-state index contributed by atoms with van der Waals surface area (Å²) in [6.45, 7) is 6.66. The molecule has 104 valence electrons. The lowest BCUT2D eigenvalue weighted by molar-refractivity contribution is 0.133. The predicted octanol–water partition coefficient (Wildman–Crippen LogP) is 2.18. The van der Waals surface area contributed by atoms with Crippen LogP contribution >= 0.6 is 11.6 Å². The Morgan fingerprint density at radius 2 is 2.21 bits per heavy atom. The number of ether oxygens (including phenoxy) is 1. The van der Waals surface area contributed by atoms with E-state index in [0.717, 1.165) is 23.5 Å². The van der Waals surface area contributed by atoms with Crippen molar-refractivity contribution in [2.45, 2.75) is 26.3 Å². The molecule has 0 atom stereocenters. The summed E-state index contributed by atoms with van der Waals surface area (Å²) in [6.07, 6.45) is 1.65. The van der Waals surface area contributed by atoms with E-state index in [0.29, 0.717) is 30.7 Å². The van der Waals surface area contributed by atoms with Crippen LogP contribution in [0.4, 0.5) is 0 Å². The number of fused-ring (bicyclic) bond motifs is 1. The van der Waals surface area contributed by atoms with Crippen molar-refractivity contribution in [2.24, 2.45) is 5.73 Å². The summed E-state index contributed by atoms with van der Waals surface area (Å²) < 4.78 is 7.53. The fourth-order valence-corrected chi connectivity index (χ4v) is 2.16. The van der Waals surface area contributed by atoms with Gasteiger partial charge in [-0.1, -0.05) is 25.4 Å². The Bertz CT molecular complexity index is 553. The highest BCUT2D eigenvalue weighted by molar-refractivity contribution is 6.31. The minimum Gasteiger partial charge on any atom is -0.378 e. The maximum atomic E-state index is 5.96. The van der Waals surface area contributed by atoms with Crippen LogP contribution in [0.15, 0.2) is 12.3 Å². The molecule has 0 spiro atoms. The first-order valence-corrected chi connectivity index (χ1v) is 6.80. The molecule has 5 nitrogen and oxygen atoms in total. The normalized spacial score (nSPS) is 11.6. The summed E-state index contributed by atoms with van der Waals surface area (Å²) >= 11 is 5.96. The first-order valence-electron chi connectivity index (χ1n) is 6.43. The summed E-state index contributed by atoms with van der Waals surface area (Å²) in [7, 11) is 0. The topological polar surface area (TPSA) is 66.0 Å². The Balaban J connectivity index is 2.30. The van der Waals surface area contributed by atoms with Crippen LogP contribution in [0.1, 0.15) is 25.6 Å². The van der Waals surface area contributed by atoms with Crippen LogP contribution in [0.5, 0.6) is 0 Å². The highest BCUT2D eigenvalue weighted by Gasteiger charge is 2.14. The smallest absolute Gasteiger partial charge is 0.160 e. The largest absolute Gasteiger partial charge is 0.378 e. The van der Waals surface area contributed by atoms with Gasteiger partial charge >= 0.3 is 0 Å². The van der Waals surface area contributed by atoms with Crippen molar-refractivity contribution >= 4 is 22.8 Å². The molecule has 0 aromatic carbocycles. The predicted molar refractivity (Wildman–Crippen MR) is 76.5 cm³/mol. The van der Waals surface area contributed by atoms with E-state index in [1.165, 1.54) is 0 Å². The lowest BCUT2D eigenvalue weighted by Crippen LogP contribution is -2.14. The Morgan fingerprint density at radius 3 is 2.89 bits per heavy atom. The van der Waals surface area contributed by atoms with Gasteiger partial charge in [-0.3, -0.25) is 0 Å². The molecular weight excluding hydrogens is 264 g/mol. The number of hydrogen-bond donors (Lipinski definition) is 1. The van der Waals surface area contributed by atoms with E-state index >= 15 is 0 Å². The van der Waals surface area contributed by atoms with Gasteiger partial charge in [0.15, 0.2) is 5.65 Å². The third-order valence-corrected chi connectivity index (χ3v) is 3.03. The van der Waals surface area contributed by atoms with Gasteiger partial charge in [-0.25, -0.2) is 9.97 Å². The number of rotatable bonds is 6. The van der Waals surface area contributed by atoms with Crippen molar-refractivity contribution in [3.8, 4) is 0 Å². The van der Waals surface area contributed by atoms with Crippen molar-refractivity contribution in [1.82, 2.24) is 14.5 Å². The number of halogens is 1. The molecule has 6 heteroatoms. The minimum absolute atomic E-state index is 0.322. The second-order valence-corrected chi connectivity index (χ2v) is 5.11. The number of pyridine rings is 1. The third kappa shape index (κ3) is 3.23. The van der Waals surface area contributed by atoms with E-state index in [1.807, 2.05) is 6.07 Å². The average Bonchev–Trinajstić information content (AvgIpc) is 2.72. The summed E-state index contributed by atoms with van der Waals surface area (Å²) in [5.41, 5.74) is 7.08. The van der Waals surface area contributed by atoms with Gasteiger partial charge in [-0.05, 0) is 6.07 Å². The van der Waals surface area contributed by atoms with Crippen LogP contribution in [0, 0.1) is 0 Å². The fourth-order valence-electron chi connectivity index (χ4n) is 2.01. The highest BCUT2D eigenvalue weighted by atomic mass is 35.5. The molecule has 0 unspecified atom stereocenters. The molecule has 0 fully saturated rings. The summed E-state index contributed by atoms with van der Waals surface area (Å²) in [5.74, 6) is 1.32. The second-order valence-electron chi connectivity index (χ2n) is 4.67. The lowest BCUT2D eigenvalue weighted by Gasteiger charge is -2.10. The summed E-state index contributed by atoms with van der Waals surface area (Å²) in [5, 5.41) is 0.604. The molecule has 0 saturated carbocycles. The van der Waals surface area contributed by atoms with E-state index in [-0.39, 0.29) is 0 Å². The Labute approximate surface area is 117 Å². The average molecular weight is 283 g/mol. The molecule has 0 radical (unpaired) electrons. The molecule has 2 aromatic rings. The van der Waals surface area contributed by atoms with E-state index < -0.39 is 0 Å². The van der Waals surface area contributed by atoms with Crippen LogP contribution in [0.3, 0.4) is 0 Å². The van der Waals surface area contributed by atoms with E-state index in [4.69, 9.17) is 22.1 Å². The molecule has 2 heterocycles. The molecule has 2 aromatic heterocycles. The molecule has 0 bridgehead atoms. The van der Waals surface area contributed by atoms with Gasteiger partial charge < -0.3 is 15.0 Å². The molecular formula is C13H19ClN4O. The maximum Gasteiger partial charge on any atom is 0.160 e. The van der Waals surface area contributed by atoms with E-state index in [2.05, 4.69) is 28.4 Å². The Morgan fingerprint density at radius 1 is 1.42 bits per heavy atom. The Hall–Kier alpha value is -1.17. The zero-order valence-electron chi connectivity index (χ0n) is 11.3. The SMILES string of the molecule is CC(C)c1nc2cc(Cl)cnc2n1CCOCCN. The monoisotopic (exact) mass is 282 g/mol. The quantitative estimate of drug-likeness (QED) is 0.825. The minimum atomic E-state index is 0.322. The molecule has 0 aliphatic carbocycles. The second kappa shape index (κ2) is 6.32. The van der Waals surface area contributed by atoms with E-state index in [1.54, 1.807) is 6.20 Å². The van der Waals surface area contributed by atoms with Crippen molar-refractivity contribution in [3.63, 3.8) is 0 Å². The molecule has 0 aliphatic heterocycles. The first-order chi connectivity index (χ1) is 9.13. The Kier molecular flexibility index (Phi) is 4.74. The number of aromatic nitrogens is 3. The van der Waals surface area contributed by atoms with Crippen LogP contribution in [0.2, 0.25) is 5.02 Å². The van der Waals surface area contributed by atoms with Crippen molar-refractivity contribution in [3.05, 3.63) is 23.1 Å². The first kappa shape index (κ1) is 14.2. The standard InChI is InChI=1S/C13H19ClN4O/c1-9(2)12-17-11-7-10(14)8-16-13(11)18(12)4-6-19-5-3-15/h7-9H,3-6,15H2,1-2H3. The van der Waals surface area contributed by atoms with Crippen LogP contribution in [-0.4, -0.2) is 34.3 Å². The molecule has 0 saturated heterocycles. The van der Waals surface area contributed by atoms with Gasteiger partial charge in [0.2, 0.25) is 0 Å². The lowest BCUT2D eigenvalue weighted by atomic mass is 10.2. The molecule has 19 heavy (non-hydrogen) atoms. The van der Waals surface area contributed by atoms with Crippen molar-refractivity contribution in [1.29, 1.82) is 0 Å². The van der Waals surface area contributed by atoms with Gasteiger partial charge in [-0.15, -0.1) is 0 Å². The summed E-state index contributed by atoms with van der Waals surface area (Å²) in [4.78, 5) is 8.98. The number of imidazole rings is 1. The zero-order valence-corrected chi connectivity index (χ0v) is 12.0. The zero-order chi connectivity index (χ0) is 13.8. The van der Waals surface area contributed by atoms with Crippen LogP contribution < -0.4 is 5.73 Å². The number of nitrogens with zero attached hydrogens (tertiary/aromatic N) is 3. The van der Waals surface area contributed by atoms with Crippen molar-refractivity contribution in [2.75, 3.05) is 19.8 Å². The van der Waals surface area contributed by atoms with Gasteiger partial charge in [0.1, 0.15) is 11.3 Å². The summed E-state index contributed by atoms with van der Waals surface area (Å²) in [6, 6.07) is 1.84. The third-order valence-electron chi connectivity index (χ3n) is 2.82. The molecule has 0 amide bonds. The van der Waals surface area contributed by atoms with Gasteiger partial charge in [0.25, 0.3) is 0 Å². The van der Waals surface area contributed by atoms with Gasteiger partial charge in [-0.2, -0.15) is 0 Å². The molecule has 2 rings (SSSR count). The molecule has 2 N–H and O–H groups in total. The van der Waals surface area contributed by atoms with Crippen LogP contribution in [0.25, 0.3) is 11.2 Å². The maximum absolute atomic E-state index is 5.96. The molecule has 0 aliphatic rings. The number of nitrogens with two attached hydrogens (primary N) is 1.